The summed E-state index contributed by atoms with van der Waals surface area (Å²) in [6.45, 7) is 5.73. The Hall–Kier alpha value is -2.58. The summed E-state index contributed by atoms with van der Waals surface area (Å²) >= 11 is 0. The Balaban J connectivity index is 1.78. The van der Waals surface area contributed by atoms with Crippen molar-refractivity contribution < 1.29 is 4.74 Å². The molecule has 1 N–H and O–H groups in total. The maximum absolute atomic E-state index is 6.11. The average Bonchev–Trinajstić information content (AvgIpc) is 2.63. The predicted octanol–water partition coefficient (Wildman–Crippen LogP) is 5.27. The maximum Gasteiger partial charge on any atom is 0.122 e. The lowest BCUT2D eigenvalue weighted by Crippen LogP contribution is -2.05. The second-order valence-corrected chi connectivity index (χ2v) is 6.37. The predicted molar refractivity (Wildman–Crippen MR) is 105 cm³/mol. The highest BCUT2D eigenvalue weighted by Gasteiger charge is 2.08. The third-order valence-corrected chi connectivity index (χ3v) is 4.53. The van der Waals surface area contributed by atoms with Crippen molar-refractivity contribution in [3.05, 3.63) is 89.0 Å². The van der Waals surface area contributed by atoms with Crippen LogP contribution in [0.2, 0.25) is 0 Å². The summed E-state index contributed by atoms with van der Waals surface area (Å²) in [4.78, 5) is 0. The Morgan fingerprint density at radius 3 is 2.40 bits per heavy atom. The van der Waals surface area contributed by atoms with Crippen LogP contribution in [0.4, 0.5) is 0 Å². The van der Waals surface area contributed by atoms with Gasteiger partial charge in [0.15, 0.2) is 0 Å². The largest absolute Gasteiger partial charge is 0.489 e. The molecule has 0 unspecified atom stereocenters. The molecule has 0 aliphatic rings. The molecule has 2 heteroatoms. The maximum atomic E-state index is 6.11. The van der Waals surface area contributed by atoms with E-state index in [9.17, 15) is 0 Å². The van der Waals surface area contributed by atoms with E-state index in [0.717, 1.165) is 12.3 Å². The van der Waals surface area contributed by atoms with Gasteiger partial charge in [0.2, 0.25) is 0 Å². The minimum atomic E-state index is 0.582. The van der Waals surface area contributed by atoms with E-state index in [-0.39, 0.29) is 0 Å². The zero-order valence-corrected chi connectivity index (χ0v) is 15.2. The zero-order chi connectivity index (χ0) is 17.6. The van der Waals surface area contributed by atoms with Crippen molar-refractivity contribution in [2.24, 2.45) is 0 Å². The number of aryl methyl sites for hydroxylation is 1. The van der Waals surface area contributed by atoms with Gasteiger partial charge in [-0.25, -0.2) is 0 Å². The van der Waals surface area contributed by atoms with E-state index >= 15 is 0 Å². The number of nitrogens with one attached hydrogen (secondary N) is 1. The van der Waals surface area contributed by atoms with Crippen molar-refractivity contribution >= 4 is 0 Å². The van der Waals surface area contributed by atoms with Crippen LogP contribution in [0.25, 0.3) is 11.1 Å². The van der Waals surface area contributed by atoms with Crippen LogP contribution >= 0.6 is 0 Å². The molecule has 0 amide bonds. The second-order valence-electron chi connectivity index (χ2n) is 6.37. The lowest BCUT2D eigenvalue weighted by molar-refractivity contribution is 0.303. The number of hydrogen-bond acceptors (Lipinski definition) is 2. The molecule has 3 rings (SSSR count). The number of rotatable bonds is 6. The molecule has 2 nitrogen and oxygen atoms in total. The van der Waals surface area contributed by atoms with E-state index in [1.807, 2.05) is 13.1 Å². The Bertz CT molecular complexity index is 840. The van der Waals surface area contributed by atoms with Gasteiger partial charge in [-0.2, -0.15) is 0 Å². The molecule has 25 heavy (non-hydrogen) atoms. The Morgan fingerprint density at radius 1 is 0.880 bits per heavy atom. The summed E-state index contributed by atoms with van der Waals surface area (Å²) in [6, 6.07) is 23.3. The molecule has 128 valence electrons. The van der Waals surface area contributed by atoms with E-state index in [1.165, 1.54) is 33.4 Å². The summed E-state index contributed by atoms with van der Waals surface area (Å²) in [7, 11) is 1.96. The standard InChI is InChI=1S/C23H25NO/c1-17-14-19(15-24-3)12-13-23(17)25-16-21-10-7-11-22(18(21)2)20-8-5-4-6-9-20/h4-14,24H,15-16H2,1-3H3. The van der Waals surface area contributed by atoms with E-state index in [1.54, 1.807) is 0 Å². The number of hydrogen-bond donors (Lipinski definition) is 1. The molecular formula is C23H25NO. The topological polar surface area (TPSA) is 21.3 Å². The number of benzene rings is 3. The minimum absolute atomic E-state index is 0.582. The first-order chi connectivity index (χ1) is 12.2. The lowest BCUT2D eigenvalue weighted by Gasteiger charge is -2.14. The van der Waals surface area contributed by atoms with Gasteiger partial charge in [0.05, 0.1) is 0 Å². The molecule has 0 aromatic heterocycles. The van der Waals surface area contributed by atoms with Gasteiger partial charge in [0.25, 0.3) is 0 Å². The van der Waals surface area contributed by atoms with E-state index in [4.69, 9.17) is 4.74 Å². The van der Waals surface area contributed by atoms with Gasteiger partial charge >= 0.3 is 0 Å². The first-order valence-electron chi connectivity index (χ1n) is 8.70. The monoisotopic (exact) mass is 331 g/mol. The fraction of sp³-hybridized carbons (Fsp3) is 0.217. The van der Waals surface area contributed by atoms with Crippen molar-refractivity contribution in [2.45, 2.75) is 27.0 Å². The van der Waals surface area contributed by atoms with Crippen molar-refractivity contribution in [1.29, 1.82) is 0 Å². The van der Waals surface area contributed by atoms with Gasteiger partial charge in [0, 0.05) is 6.54 Å². The van der Waals surface area contributed by atoms with Crippen LogP contribution in [0.1, 0.15) is 22.3 Å². The molecule has 0 aliphatic heterocycles. The van der Waals surface area contributed by atoms with Crippen molar-refractivity contribution in [2.75, 3.05) is 7.05 Å². The average molecular weight is 331 g/mol. The van der Waals surface area contributed by atoms with Crippen molar-refractivity contribution in [1.82, 2.24) is 5.32 Å². The van der Waals surface area contributed by atoms with E-state index < -0.39 is 0 Å². The first-order valence-corrected chi connectivity index (χ1v) is 8.70. The van der Waals surface area contributed by atoms with Crippen LogP contribution in [0.3, 0.4) is 0 Å². The zero-order valence-electron chi connectivity index (χ0n) is 15.2. The van der Waals surface area contributed by atoms with Crippen LogP contribution in [0, 0.1) is 13.8 Å². The summed E-state index contributed by atoms with van der Waals surface area (Å²) < 4.78 is 6.11. The molecular weight excluding hydrogens is 306 g/mol. The van der Waals surface area contributed by atoms with Gasteiger partial charge < -0.3 is 10.1 Å². The van der Waals surface area contributed by atoms with Gasteiger partial charge in [0.1, 0.15) is 12.4 Å². The third-order valence-electron chi connectivity index (χ3n) is 4.53. The SMILES string of the molecule is CNCc1ccc(OCc2cccc(-c3ccccc3)c2C)c(C)c1. The molecule has 3 aromatic rings. The smallest absolute Gasteiger partial charge is 0.122 e. The Morgan fingerprint density at radius 2 is 1.68 bits per heavy atom. The summed E-state index contributed by atoms with van der Waals surface area (Å²) in [5.41, 5.74) is 7.45. The molecule has 0 saturated heterocycles. The van der Waals surface area contributed by atoms with Gasteiger partial charge in [-0.15, -0.1) is 0 Å². The van der Waals surface area contributed by atoms with Gasteiger partial charge in [-0.1, -0.05) is 60.7 Å². The molecule has 3 aromatic carbocycles. The normalized spacial score (nSPS) is 10.7. The first kappa shape index (κ1) is 17.2. The summed E-state index contributed by atoms with van der Waals surface area (Å²) in [5, 5.41) is 3.18. The van der Waals surface area contributed by atoms with E-state index in [2.05, 4.69) is 79.8 Å². The lowest BCUT2D eigenvalue weighted by atomic mass is 9.97. The highest BCUT2D eigenvalue weighted by atomic mass is 16.5. The molecule has 0 bridgehead atoms. The second kappa shape index (κ2) is 8.00. The third kappa shape index (κ3) is 4.09. The Kier molecular flexibility index (Phi) is 5.52. The van der Waals surface area contributed by atoms with Gasteiger partial charge in [-0.3, -0.25) is 0 Å². The van der Waals surface area contributed by atoms with Crippen molar-refractivity contribution in [3.8, 4) is 16.9 Å². The van der Waals surface area contributed by atoms with Crippen LogP contribution < -0.4 is 10.1 Å². The molecule has 0 spiro atoms. The Labute approximate surface area is 150 Å². The van der Waals surface area contributed by atoms with Crippen LogP contribution in [0.15, 0.2) is 66.7 Å². The highest BCUT2D eigenvalue weighted by molar-refractivity contribution is 5.68. The fourth-order valence-electron chi connectivity index (χ4n) is 3.11. The molecule has 0 saturated carbocycles. The van der Waals surface area contributed by atoms with Crippen LogP contribution in [-0.2, 0) is 13.2 Å². The van der Waals surface area contributed by atoms with Crippen LogP contribution in [-0.4, -0.2) is 7.05 Å². The molecule has 0 atom stereocenters. The highest BCUT2D eigenvalue weighted by Crippen LogP contribution is 2.27. The van der Waals surface area contributed by atoms with E-state index in [0.29, 0.717) is 6.61 Å². The quantitative estimate of drug-likeness (QED) is 0.664. The van der Waals surface area contributed by atoms with Crippen molar-refractivity contribution in [3.63, 3.8) is 0 Å². The minimum Gasteiger partial charge on any atom is -0.489 e. The van der Waals surface area contributed by atoms with Gasteiger partial charge in [-0.05, 0) is 60.3 Å². The summed E-state index contributed by atoms with van der Waals surface area (Å²) in [6.07, 6.45) is 0. The van der Waals surface area contributed by atoms with Crippen LogP contribution in [0.5, 0.6) is 5.75 Å². The fourth-order valence-corrected chi connectivity index (χ4v) is 3.11. The molecule has 0 radical (unpaired) electrons. The molecule has 0 fully saturated rings. The summed E-state index contributed by atoms with van der Waals surface area (Å²) in [5.74, 6) is 0.948. The number of ether oxygens (including phenoxy) is 1. The molecule has 0 aliphatic carbocycles. The molecule has 0 heterocycles.